The van der Waals surface area contributed by atoms with Crippen molar-refractivity contribution in [2.75, 3.05) is 13.1 Å². The molecule has 2 N–H and O–H groups in total. The van der Waals surface area contributed by atoms with E-state index < -0.39 is 0 Å². The van der Waals surface area contributed by atoms with Crippen LogP contribution in [0.4, 0.5) is 0 Å². The zero-order valence-electron chi connectivity index (χ0n) is 15.4. The molecule has 0 saturated heterocycles. The summed E-state index contributed by atoms with van der Waals surface area (Å²) in [5.41, 5.74) is 6.62. The lowest BCUT2D eigenvalue weighted by Crippen LogP contribution is -2.44. The first-order valence-electron chi connectivity index (χ1n) is 8.91. The number of unbranched alkanes of at least 4 members (excludes halogenated alkanes) is 4. The minimum atomic E-state index is 0.0123. The van der Waals surface area contributed by atoms with Crippen molar-refractivity contribution < 1.29 is 4.79 Å². The Bertz CT molecular complexity index is 391. The van der Waals surface area contributed by atoms with Crippen molar-refractivity contribution in [3.8, 4) is 0 Å². The summed E-state index contributed by atoms with van der Waals surface area (Å²) >= 11 is 0. The average molecular weight is 309 g/mol. The average Bonchev–Trinajstić information content (AvgIpc) is 2.40. The largest absolute Gasteiger partial charge is 0.372 e. The first-order chi connectivity index (χ1) is 10.2. The molecule has 0 atom stereocenters. The van der Waals surface area contributed by atoms with E-state index in [1.807, 2.05) is 0 Å². The van der Waals surface area contributed by atoms with Crippen LogP contribution in [0.3, 0.4) is 0 Å². The molecule has 3 heteroatoms. The molecule has 0 bridgehead atoms. The standard InChI is InChI=1S/C19H36N2O/c1-18(2,3)21-14-12-19(4,5)16(15-21)17(22)11-9-7-6-8-10-13-20/h15H,6-14,20H2,1-5H3. The first-order valence-corrected chi connectivity index (χ1v) is 8.91. The van der Waals surface area contributed by atoms with Crippen molar-refractivity contribution in [3.63, 3.8) is 0 Å². The van der Waals surface area contributed by atoms with Gasteiger partial charge in [-0.25, -0.2) is 0 Å². The fourth-order valence-corrected chi connectivity index (χ4v) is 3.00. The second-order valence-corrected chi connectivity index (χ2v) is 8.27. The Balaban J connectivity index is 2.58. The van der Waals surface area contributed by atoms with Crippen molar-refractivity contribution in [1.29, 1.82) is 0 Å². The number of Topliss-reactive ketones (excluding diaryl/α,β-unsaturated/α-hetero) is 1. The molecule has 22 heavy (non-hydrogen) atoms. The molecular weight excluding hydrogens is 272 g/mol. The van der Waals surface area contributed by atoms with Gasteiger partial charge in [0.1, 0.15) is 0 Å². The number of carbonyl (C=O) groups excluding carboxylic acids is 1. The Morgan fingerprint density at radius 3 is 2.36 bits per heavy atom. The Hall–Kier alpha value is -0.830. The third-order valence-corrected chi connectivity index (χ3v) is 4.76. The third-order valence-electron chi connectivity index (χ3n) is 4.76. The van der Waals surface area contributed by atoms with Crippen LogP contribution in [0, 0.1) is 5.41 Å². The second kappa shape index (κ2) is 8.14. The van der Waals surface area contributed by atoms with Gasteiger partial charge in [-0.15, -0.1) is 0 Å². The molecule has 0 fully saturated rings. The lowest BCUT2D eigenvalue weighted by Gasteiger charge is -2.43. The highest BCUT2D eigenvalue weighted by atomic mass is 16.1. The molecule has 1 rings (SSSR count). The normalized spacial score (nSPS) is 18.3. The van der Waals surface area contributed by atoms with Crippen molar-refractivity contribution in [2.45, 2.75) is 85.1 Å². The molecule has 0 aromatic carbocycles. The molecule has 1 heterocycles. The number of ketones is 1. The summed E-state index contributed by atoms with van der Waals surface area (Å²) in [7, 11) is 0. The summed E-state index contributed by atoms with van der Waals surface area (Å²) < 4.78 is 0. The Kier molecular flexibility index (Phi) is 7.11. The highest BCUT2D eigenvalue weighted by Gasteiger charge is 2.34. The van der Waals surface area contributed by atoms with Gasteiger partial charge in [0.25, 0.3) is 0 Å². The van der Waals surface area contributed by atoms with Crippen LogP contribution in [-0.4, -0.2) is 29.3 Å². The molecule has 0 aliphatic carbocycles. The molecule has 1 aliphatic rings. The van der Waals surface area contributed by atoms with Gasteiger partial charge in [-0.05, 0) is 52.0 Å². The van der Waals surface area contributed by atoms with Gasteiger partial charge in [0.05, 0.1) is 0 Å². The van der Waals surface area contributed by atoms with Crippen LogP contribution in [0.2, 0.25) is 0 Å². The summed E-state index contributed by atoms with van der Waals surface area (Å²) in [6.07, 6.45) is 9.52. The SMILES string of the molecule is CC1(C)CCN(C(C)(C)C)C=C1C(=O)CCCCCCCN. The van der Waals surface area contributed by atoms with E-state index in [4.69, 9.17) is 5.73 Å². The molecule has 0 unspecified atom stereocenters. The molecule has 0 radical (unpaired) electrons. The van der Waals surface area contributed by atoms with E-state index in [2.05, 4.69) is 45.7 Å². The van der Waals surface area contributed by atoms with Crippen LogP contribution in [0.5, 0.6) is 0 Å². The van der Waals surface area contributed by atoms with Crippen LogP contribution in [0.1, 0.15) is 79.6 Å². The van der Waals surface area contributed by atoms with E-state index >= 15 is 0 Å². The number of hydrogen-bond donors (Lipinski definition) is 1. The van der Waals surface area contributed by atoms with E-state index in [0.29, 0.717) is 12.2 Å². The molecule has 0 saturated carbocycles. The van der Waals surface area contributed by atoms with Crippen LogP contribution in [-0.2, 0) is 4.79 Å². The molecule has 0 spiro atoms. The quantitative estimate of drug-likeness (QED) is 0.681. The molecule has 0 aromatic rings. The molecule has 128 valence electrons. The predicted octanol–water partition coefficient (Wildman–Crippen LogP) is 4.27. The number of rotatable bonds is 8. The zero-order chi connectivity index (χ0) is 16.8. The van der Waals surface area contributed by atoms with Gasteiger partial charge in [-0.2, -0.15) is 0 Å². The molecule has 1 aliphatic heterocycles. The monoisotopic (exact) mass is 308 g/mol. The highest BCUT2D eigenvalue weighted by molar-refractivity contribution is 5.96. The Morgan fingerprint density at radius 2 is 1.77 bits per heavy atom. The van der Waals surface area contributed by atoms with Gasteiger partial charge < -0.3 is 10.6 Å². The summed E-state index contributed by atoms with van der Waals surface area (Å²) in [5, 5.41) is 0. The third kappa shape index (κ3) is 5.75. The van der Waals surface area contributed by atoms with Gasteiger partial charge in [-0.1, -0.05) is 33.1 Å². The second-order valence-electron chi connectivity index (χ2n) is 8.27. The van der Waals surface area contributed by atoms with Crippen molar-refractivity contribution in [1.82, 2.24) is 4.90 Å². The fourth-order valence-electron chi connectivity index (χ4n) is 3.00. The van der Waals surface area contributed by atoms with Crippen LogP contribution < -0.4 is 5.73 Å². The molecule has 3 nitrogen and oxygen atoms in total. The van der Waals surface area contributed by atoms with Crippen LogP contribution in [0.15, 0.2) is 11.8 Å². The van der Waals surface area contributed by atoms with Crippen LogP contribution >= 0.6 is 0 Å². The van der Waals surface area contributed by atoms with E-state index in [1.165, 1.54) is 12.8 Å². The lowest BCUT2D eigenvalue weighted by atomic mass is 9.76. The number of nitrogens with zero attached hydrogens (tertiary/aromatic N) is 1. The zero-order valence-corrected chi connectivity index (χ0v) is 15.4. The van der Waals surface area contributed by atoms with Crippen LogP contribution in [0.25, 0.3) is 0 Å². The van der Waals surface area contributed by atoms with E-state index in [0.717, 1.165) is 44.3 Å². The van der Waals surface area contributed by atoms with E-state index in [9.17, 15) is 4.79 Å². The summed E-state index contributed by atoms with van der Waals surface area (Å²) in [6.45, 7) is 12.9. The van der Waals surface area contributed by atoms with Crippen molar-refractivity contribution >= 4 is 5.78 Å². The number of carbonyl (C=O) groups is 1. The maximum atomic E-state index is 12.7. The smallest absolute Gasteiger partial charge is 0.160 e. The van der Waals surface area contributed by atoms with Gasteiger partial charge in [0.2, 0.25) is 0 Å². The Morgan fingerprint density at radius 1 is 1.18 bits per heavy atom. The molecular formula is C19H36N2O. The number of nitrogens with two attached hydrogens (primary N) is 1. The van der Waals surface area contributed by atoms with Gasteiger partial charge >= 0.3 is 0 Å². The molecule has 0 amide bonds. The number of allylic oxidation sites excluding steroid dienone is 1. The summed E-state index contributed by atoms with van der Waals surface area (Å²) in [5.74, 6) is 0.345. The summed E-state index contributed by atoms with van der Waals surface area (Å²) in [6, 6.07) is 0. The maximum absolute atomic E-state index is 12.7. The van der Waals surface area contributed by atoms with E-state index in [1.54, 1.807) is 0 Å². The van der Waals surface area contributed by atoms with Gasteiger partial charge in [-0.3, -0.25) is 4.79 Å². The van der Waals surface area contributed by atoms with Gasteiger partial charge in [0.15, 0.2) is 5.78 Å². The Labute approximate surface area is 137 Å². The topological polar surface area (TPSA) is 46.3 Å². The maximum Gasteiger partial charge on any atom is 0.160 e. The first kappa shape index (κ1) is 19.2. The minimum Gasteiger partial charge on any atom is -0.372 e. The van der Waals surface area contributed by atoms with Gasteiger partial charge in [0, 0.05) is 30.3 Å². The van der Waals surface area contributed by atoms with Crippen molar-refractivity contribution in [3.05, 3.63) is 11.8 Å². The molecule has 0 aromatic heterocycles. The van der Waals surface area contributed by atoms with Crippen molar-refractivity contribution in [2.24, 2.45) is 11.1 Å². The highest BCUT2D eigenvalue weighted by Crippen LogP contribution is 2.37. The van der Waals surface area contributed by atoms with E-state index in [-0.39, 0.29) is 11.0 Å². The lowest BCUT2D eigenvalue weighted by molar-refractivity contribution is -0.117. The predicted molar refractivity (Wildman–Crippen MR) is 94.7 cm³/mol. The number of hydrogen-bond acceptors (Lipinski definition) is 3. The summed E-state index contributed by atoms with van der Waals surface area (Å²) in [4.78, 5) is 15.0. The minimum absolute atomic E-state index is 0.0123. The fraction of sp³-hybridized carbons (Fsp3) is 0.842.